The number of hydrogen-bond acceptors (Lipinski definition) is 6. The number of sulfone groups is 1. The second-order valence-corrected chi connectivity index (χ2v) is 8.25. The first-order chi connectivity index (χ1) is 12.3. The highest BCUT2D eigenvalue weighted by Gasteiger charge is 2.33. The van der Waals surface area contributed by atoms with Gasteiger partial charge in [0, 0.05) is 0 Å². The molecule has 0 saturated carbocycles. The molecule has 27 heavy (non-hydrogen) atoms. The summed E-state index contributed by atoms with van der Waals surface area (Å²) in [5, 5.41) is 11.7. The smallest absolute Gasteiger partial charge is 0.341 e. The van der Waals surface area contributed by atoms with Crippen molar-refractivity contribution in [2.24, 2.45) is 5.92 Å². The number of nitriles is 1. The van der Waals surface area contributed by atoms with Crippen molar-refractivity contribution in [3.05, 3.63) is 29.8 Å². The molecule has 7 nitrogen and oxygen atoms in total. The molecule has 2 atom stereocenters. The van der Waals surface area contributed by atoms with E-state index in [0.717, 1.165) is 24.3 Å². The molecule has 0 aromatic heterocycles. The van der Waals surface area contributed by atoms with Gasteiger partial charge in [-0.25, -0.2) is 13.2 Å². The molecule has 0 bridgehead atoms. The minimum atomic E-state index is -4.77. The molecule has 148 valence electrons. The van der Waals surface area contributed by atoms with Crippen LogP contribution in [0.25, 0.3) is 0 Å². The molecule has 10 heteroatoms. The first-order valence-corrected chi connectivity index (χ1v) is 9.46. The lowest BCUT2D eigenvalue weighted by Crippen LogP contribution is -2.52. The zero-order chi connectivity index (χ0) is 21.0. The number of halogens is 2. The van der Waals surface area contributed by atoms with E-state index in [1.54, 1.807) is 13.8 Å². The molecule has 1 aromatic carbocycles. The zero-order valence-electron chi connectivity index (χ0n) is 15.2. The van der Waals surface area contributed by atoms with Gasteiger partial charge in [0.25, 0.3) is 5.91 Å². The van der Waals surface area contributed by atoms with Crippen LogP contribution >= 0.6 is 0 Å². The Balaban J connectivity index is 2.84. The van der Waals surface area contributed by atoms with Crippen LogP contribution in [-0.4, -0.2) is 37.7 Å². The number of ether oxygens (including phenoxy) is 1. The third-order valence-corrected chi connectivity index (χ3v) is 5.47. The predicted octanol–water partition coefficient (Wildman–Crippen LogP) is 2.28. The van der Waals surface area contributed by atoms with E-state index in [2.05, 4.69) is 5.32 Å². The average Bonchev–Trinajstić information content (AvgIpc) is 2.61. The third-order valence-electron chi connectivity index (χ3n) is 4.08. The van der Waals surface area contributed by atoms with E-state index >= 15 is 0 Å². The molecule has 0 aliphatic rings. The SMILES string of the molecule is CC(C)[C@](C)(C#N)NC(=O)[C@@H](C)OC(=O)c1ccc(S(=O)(=O)C(F)F)cc1. The normalized spacial score (nSPS) is 14.9. The number of esters is 1. The van der Waals surface area contributed by atoms with Crippen molar-refractivity contribution in [3.63, 3.8) is 0 Å². The Bertz CT molecular complexity index is 847. The molecule has 1 amide bonds. The Labute approximate surface area is 156 Å². The largest absolute Gasteiger partial charge is 0.449 e. The van der Waals surface area contributed by atoms with Crippen LogP contribution in [0.15, 0.2) is 29.2 Å². The summed E-state index contributed by atoms with van der Waals surface area (Å²) in [5.41, 5.74) is -1.27. The lowest BCUT2D eigenvalue weighted by Gasteiger charge is -2.28. The van der Waals surface area contributed by atoms with Gasteiger partial charge < -0.3 is 10.1 Å². The molecule has 1 N–H and O–H groups in total. The summed E-state index contributed by atoms with van der Waals surface area (Å²) in [6.45, 7) is 6.33. The van der Waals surface area contributed by atoms with Crippen molar-refractivity contribution >= 4 is 21.7 Å². The average molecular weight is 402 g/mol. The number of carbonyl (C=O) groups is 2. The molecule has 0 spiro atoms. The quantitative estimate of drug-likeness (QED) is 0.700. The topological polar surface area (TPSA) is 113 Å². The zero-order valence-corrected chi connectivity index (χ0v) is 16.0. The Morgan fingerprint density at radius 3 is 2.11 bits per heavy atom. The number of amides is 1. The van der Waals surface area contributed by atoms with E-state index in [4.69, 9.17) is 4.74 Å². The highest BCUT2D eigenvalue weighted by atomic mass is 32.2. The molecule has 0 heterocycles. The van der Waals surface area contributed by atoms with Crippen LogP contribution < -0.4 is 5.32 Å². The van der Waals surface area contributed by atoms with Crippen LogP contribution in [0.4, 0.5) is 8.78 Å². The fourth-order valence-electron chi connectivity index (χ4n) is 1.82. The van der Waals surface area contributed by atoms with Gasteiger partial charge in [0.15, 0.2) is 6.10 Å². The van der Waals surface area contributed by atoms with Gasteiger partial charge in [-0.3, -0.25) is 4.79 Å². The van der Waals surface area contributed by atoms with E-state index in [1.165, 1.54) is 13.8 Å². The van der Waals surface area contributed by atoms with Gasteiger partial charge in [0.05, 0.1) is 16.5 Å². The number of hydrogen-bond donors (Lipinski definition) is 1. The summed E-state index contributed by atoms with van der Waals surface area (Å²) >= 11 is 0. The predicted molar refractivity (Wildman–Crippen MR) is 91.5 cm³/mol. The summed E-state index contributed by atoms with van der Waals surface area (Å²) in [6, 6.07) is 5.72. The molecule has 0 fully saturated rings. The summed E-state index contributed by atoms with van der Waals surface area (Å²) in [5.74, 6) is -5.40. The van der Waals surface area contributed by atoms with Crippen molar-refractivity contribution in [1.82, 2.24) is 5.32 Å². The molecule has 1 rings (SSSR count). The summed E-state index contributed by atoms with van der Waals surface area (Å²) in [4.78, 5) is 23.6. The van der Waals surface area contributed by atoms with Gasteiger partial charge in [-0.05, 0) is 44.0 Å². The van der Waals surface area contributed by atoms with Crippen LogP contribution in [0.5, 0.6) is 0 Å². The van der Waals surface area contributed by atoms with Gasteiger partial charge in [-0.15, -0.1) is 0 Å². The van der Waals surface area contributed by atoms with Crippen molar-refractivity contribution in [2.75, 3.05) is 0 Å². The van der Waals surface area contributed by atoms with Gasteiger partial charge in [-0.1, -0.05) is 13.8 Å². The Morgan fingerprint density at radius 2 is 1.70 bits per heavy atom. The van der Waals surface area contributed by atoms with Crippen LogP contribution in [0.2, 0.25) is 0 Å². The van der Waals surface area contributed by atoms with Gasteiger partial charge in [0.1, 0.15) is 5.54 Å². The van der Waals surface area contributed by atoms with E-state index in [0.29, 0.717) is 0 Å². The minimum absolute atomic E-state index is 0.116. The first kappa shape index (κ1) is 22.5. The van der Waals surface area contributed by atoms with Gasteiger partial charge in [0.2, 0.25) is 9.84 Å². The number of nitrogens with one attached hydrogen (secondary N) is 1. The van der Waals surface area contributed by atoms with E-state index in [-0.39, 0.29) is 11.5 Å². The first-order valence-electron chi connectivity index (χ1n) is 7.91. The molecule has 1 aromatic rings. The Hall–Kier alpha value is -2.54. The molecule has 0 saturated heterocycles. The number of nitrogens with zero attached hydrogens (tertiary/aromatic N) is 1. The Morgan fingerprint density at radius 1 is 1.19 bits per heavy atom. The highest BCUT2D eigenvalue weighted by molar-refractivity contribution is 7.91. The van der Waals surface area contributed by atoms with E-state index in [1.807, 2.05) is 6.07 Å². The lowest BCUT2D eigenvalue weighted by molar-refractivity contribution is -0.130. The molecule has 0 unspecified atom stereocenters. The summed E-state index contributed by atoms with van der Waals surface area (Å²) < 4.78 is 52.7. The lowest BCUT2D eigenvalue weighted by atomic mass is 9.90. The van der Waals surface area contributed by atoms with Crippen LogP contribution in [0, 0.1) is 17.2 Å². The molecular formula is C17H20F2N2O5S. The summed E-state index contributed by atoms with van der Waals surface area (Å²) in [6.07, 6.45) is -1.23. The molecule has 0 aliphatic carbocycles. The monoisotopic (exact) mass is 402 g/mol. The molecule has 0 radical (unpaired) electrons. The van der Waals surface area contributed by atoms with Gasteiger partial charge in [-0.2, -0.15) is 14.0 Å². The maximum atomic E-state index is 12.5. The number of alkyl halides is 2. The number of rotatable bonds is 7. The maximum Gasteiger partial charge on any atom is 0.341 e. The van der Waals surface area contributed by atoms with Crippen molar-refractivity contribution < 1.29 is 31.5 Å². The fraction of sp³-hybridized carbons (Fsp3) is 0.471. The van der Waals surface area contributed by atoms with Crippen LogP contribution in [-0.2, 0) is 19.4 Å². The standard InChI is InChI=1S/C17H20F2N2O5S/c1-10(2)17(4,9-20)21-14(22)11(3)26-15(23)12-5-7-13(8-6-12)27(24,25)16(18)19/h5-8,10-11,16H,1-4H3,(H,21,22)/t11-,17+/m1/s1. The Kier molecular flexibility index (Phi) is 7.03. The second-order valence-electron chi connectivity index (χ2n) is 6.34. The third kappa shape index (κ3) is 5.23. The van der Waals surface area contributed by atoms with Crippen LogP contribution in [0.3, 0.4) is 0 Å². The molecular weight excluding hydrogens is 382 g/mol. The van der Waals surface area contributed by atoms with Crippen LogP contribution in [0.1, 0.15) is 38.1 Å². The maximum absolute atomic E-state index is 12.5. The second kappa shape index (κ2) is 8.43. The van der Waals surface area contributed by atoms with Gasteiger partial charge >= 0.3 is 11.7 Å². The number of carbonyl (C=O) groups excluding carboxylic acids is 2. The van der Waals surface area contributed by atoms with Crippen molar-refractivity contribution in [2.45, 2.75) is 50.0 Å². The van der Waals surface area contributed by atoms with E-state index in [9.17, 15) is 32.0 Å². The minimum Gasteiger partial charge on any atom is -0.449 e. The highest BCUT2D eigenvalue weighted by Crippen LogP contribution is 2.19. The molecule has 0 aliphatic heterocycles. The van der Waals surface area contributed by atoms with Crippen molar-refractivity contribution in [3.8, 4) is 6.07 Å². The van der Waals surface area contributed by atoms with Crippen molar-refractivity contribution in [1.29, 1.82) is 5.26 Å². The number of benzene rings is 1. The van der Waals surface area contributed by atoms with E-state index < -0.39 is 44.0 Å². The summed E-state index contributed by atoms with van der Waals surface area (Å²) in [7, 11) is -4.77. The fourth-order valence-corrected chi connectivity index (χ4v) is 2.55.